The molecule has 1 fully saturated rings. The highest BCUT2D eigenvalue weighted by atomic mass is 16.7. The van der Waals surface area contributed by atoms with Gasteiger partial charge in [-0.25, -0.2) is 9.59 Å². The molecule has 1 aromatic heterocycles. The number of fused-ring (bicyclic) bond motifs is 1. The molecule has 6 N–H and O–H groups in total. The third-order valence-electron chi connectivity index (χ3n) is 7.94. The monoisotopic (exact) mass is 635 g/mol. The Morgan fingerprint density at radius 2 is 1.72 bits per heavy atom. The number of benzene rings is 3. The van der Waals surface area contributed by atoms with Crippen LogP contribution in [0, 0.1) is 6.92 Å². The van der Waals surface area contributed by atoms with Crippen LogP contribution >= 0.6 is 0 Å². The lowest BCUT2D eigenvalue weighted by Gasteiger charge is -2.47. The van der Waals surface area contributed by atoms with Gasteiger partial charge in [0, 0.05) is 30.7 Å². The standard InChI is InChI=1S/C33H33NO12/c1-15-24(43-31-26(39)28(45-32(34)41)29(42-4)33(2,3)46-31)11-10-17-25(38)20(30(40)44-27(15)17)13-21(35)19-12-18(22(36)14-23(19)37)16-8-6-5-7-9-16/h5-12,14,26,28-29,31,36-39H,13H2,1-4H3,(H2,34,41)/t26-,28+,29-,31-/m1/s1. The van der Waals surface area contributed by atoms with Crippen LogP contribution in [0.3, 0.4) is 0 Å². The summed E-state index contributed by atoms with van der Waals surface area (Å²) in [6.07, 6.45) is -6.79. The number of amides is 1. The van der Waals surface area contributed by atoms with Crippen molar-refractivity contribution >= 4 is 22.8 Å². The lowest BCUT2D eigenvalue weighted by atomic mass is 9.89. The Labute approximate surface area is 262 Å². The molecule has 0 spiro atoms. The smallest absolute Gasteiger partial charge is 0.404 e. The number of carbonyl (C=O) groups is 2. The van der Waals surface area contributed by atoms with Crippen LogP contribution in [0.5, 0.6) is 23.0 Å². The van der Waals surface area contributed by atoms with E-state index in [2.05, 4.69) is 0 Å². The molecule has 13 heteroatoms. The Morgan fingerprint density at radius 3 is 2.37 bits per heavy atom. The van der Waals surface area contributed by atoms with Crippen LogP contribution in [0.1, 0.15) is 35.3 Å². The zero-order valence-corrected chi connectivity index (χ0v) is 25.3. The van der Waals surface area contributed by atoms with Crippen molar-refractivity contribution in [1.29, 1.82) is 0 Å². The van der Waals surface area contributed by atoms with Gasteiger partial charge in [-0.1, -0.05) is 30.3 Å². The number of aromatic hydroxyl groups is 3. The lowest BCUT2D eigenvalue weighted by Crippen LogP contribution is -2.65. The predicted molar refractivity (Wildman–Crippen MR) is 163 cm³/mol. The van der Waals surface area contributed by atoms with Crippen molar-refractivity contribution in [2.75, 3.05) is 7.11 Å². The van der Waals surface area contributed by atoms with Crippen molar-refractivity contribution in [3.05, 3.63) is 81.7 Å². The summed E-state index contributed by atoms with van der Waals surface area (Å²) in [6.45, 7) is 4.84. The number of carbonyl (C=O) groups excluding carboxylic acids is 2. The van der Waals surface area contributed by atoms with Crippen LogP contribution < -0.4 is 16.1 Å². The summed E-state index contributed by atoms with van der Waals surface area (Å²) in [5.41, 5.74) is 3.66. The van der Waals surface area contributed by atoms with Gasteiger partial charge in [0.05, 0.1) is 22.1 Å². The van der Waals surface area contributed by atoms with E-state index in [0.717, 1.165) is 6.07 Å². The molecule has 1 aliphatic heterocycles. The van der Waals surface area contributed by atoms with Crippen LogP contribution in [0.4, 0.5) is 4.79 Å². The second-order valence-electron chi connectivity index (χ2n) is 11.4. The van der Waals surface area contributed by atoms with Gasteiger partial charge in [-0.2, -0.15) is 0 Å². The molecular formula is C33H33NO12. The van der Waals surface area contributed by atoms with Crippen LogP contribution in [0.2, 0.25) is 0 Å². The van der Waals surface area contributed by atoms with Gasteiger partial charge in [-0.15, -0.1) is 0 Å². The van der Waals surface area contributed by atoms with Gasteiger partial charge in [0.25, 0.3) is 0 Å². The molecule has 0 saturated carbocycles. The van der Waals surface area contributed by atoms with Crippen molar-refractivity contribution in [3.63, 3.8) is 0 Å². The molecule has 0 unspecified atom stereocenters. The lowest BCUT2D eigenvalue weighted by molar-refractivity contribution is -0.304. The van der Waals surface area contributed by atoms with E-state index in [0.29, 0.717) is 11.1 Å². The van der Waals surface area contributed by atoms with E-state index >= 15 is 0 Å². The number of nitrogens with two attached hydrogens (primary N) is 1. The number of ketones is 1. The van der Waals surface area contributed by atoms with Crippen LogP contribution in [-0.4, -0.2) is 69.6 Å². The van der Waals surface area contributed by atoms with Crippen LogP contribution in [-0.2, 0) is 20.6 Å². The molecule has 3 aromatic carbocycles. The Morgan fingerprint density at radius 1 is 1.02 bits per heavy atom. The largest absolute Gasteiger partial charge is 0.507 e. The minimum Gasteiger partial charge on any atom is -0.507 e. The highest BCUT2D eigenvalue weighted by Crippen LogP contribution is 2.39. The summed E-state index contributed by atoms with van der Waals surface area (Å²) >= 11 is 0. The Kier molecular flexibility index (Phi) is 8.67. The van der Waals surface area contributed by atoms with E-state index in [1.54, 1.807) is 51.1 Å². The summed E-state index contributed by atoms with van der Waals surface area (Å²) < 4.78 is 27.9. The number of Topliss-reactive ketones (excluding diaryl/α,β-unsaturated/α-hetero) is 1. The molecule has 0 aliphatic carbocycles. The highest BCUT2D eigenvalue weighted by molar-refractivity contribution is 6.02. The number of methoxy groups -OCH3 is 1. The first-order valence-corrected chi connectivity index (χ1v) is 14.2. The minimum atomic E-state index is -1.53. The van der Waals surface area contributed by atoms with E-state index in [-0.39, 0.29) is 39.2 Å². The number of aliphatic hydroxyl groups excluding tert-OH is 1. The quantitative estimate of drug-likeness (QED) is 0.139. The zero-order valence-electron chi connectivity index (χ0n) is 25.3. The Bertz CT molecular complexity index is 1870. The number of hydrogen-bond donors (Lipinski definition) is 5. The topological polar surface area (TPSA) is 208 Å². The second kappa shape index (κ2) is 12.4. The number of aliphatic hydroxyl groups is 1. The van der Waals surface area contributed by atoms with Gasteiger partial charge < -0.3 is 49.5 Å². The molecule has 46 heavy (non-hydrogen) atoms. The number of hydrogen-bond acceptors (Lipinski definition) is 12. The summed E-state index contributed by atoms with van der Waals surface area (Å²) in [6, 6.07) is 13.9. The molecule has 1 aliphatic rings. The maximum absolute atomic E-state index is 13.3. The number of ether oxygens (including phenoxy) is 4. The average molecular weight is 636 g/mol. The molecule has 1 amide bonds. The van der Waals surface area contributed by atoms with E-state index in [4.69, 9.17) is 29.1 Å². The van der Waals surface area contributed by atoms with E-state index in [9.17, 15) is 34.8 Å². The molecule has 0 bridgehead atoms. The first-order valence-electron chi connectivity index (χ1n) is 14.2. The summed E-state index contributed by atoms with van der Waals surface area (Å²) in [5, 5.41) is 43.0. The Balaban J connectivity index is 1.45. The minimum absolute atomic E-state index is 0.0562. The van der Waals surface area contributed by atoms with E-state index in [1.807, 2.05) is 0 Å². The predicted octanol–water partition coefficient (Wildman–Crippen LogP) is 3.66. The summed E-state index contributed by atoms with van der Waals surface area (Å²) in [4.78, 5) is 37.9. The van der Waals surface area contributed by atoms with Crippen molar-refractivity contribution in [2.24, 2.45) is 5.73 Å². The van der Waals surface area contributed by atoms with Gasteiger partial charge >= 0.3 is 11.7 Å². The van der Waals surface area contributed by atoms with E-state index < -0.39 is 65.6 Å². The fraction of sp³-hybridized carbons (Fsp3) is 0.303. The van der Waals surface area contributed by atoms with Gasteiger partial charge in [0.15, 0.2) is 18.0 Å². The second-order valence-corrected chi connectivity index (χ2v) is 11.4. The highest BCUT2D eigenvalue weighted by Gasteiger charge is 2.53. The summed E-state index contributed by atoms with van der Waals surface area (Å²) in [7, 11) is 1.36. The normalized spacial score (nSPS) is 20.7. The molecule has 4 atom stereocenters. The summed E-state index contributed by atoms with van der Waals surface area (Å²) in [5.74, 6) is -1.86. The fourth-order valence-corrected chi connectivity index (χ4v) is 5.66. The van der Waals surface area contributed by atoms with Gasteiger partial charge in [0.2, 0.25) is 6.29 Å². The molecular weight excluding hydrogens is 602 g/mol. The van der Waals surface area contributed by atoms with Crippen molar-refractivity contribution in [1.82, 2.24) is 0 Å². The SMILES string of the molecule is CO[C@@H]1[C@@H](OC(N)=O)[C@@H](O)[C@H](Oc2ccc3c(O)c(CC(=O)c4cc(-c5ccccc5)c(O)cc4O)c(=O)oc3c2C)OC1(C)C. The van der Waals surface area contributed by atoms with Crippen molar-refractivity contribution < 1.29 is 53.4 Å². The molecule has 242 valence electrons. The van der Waals surface area contributed by atoms with Crippen LogP contribution in [0.15, 0.2) is 63.8 Å². The maximum atomic E-state index is 13.3. The third kappa shape index (κ3) is 5.95. The number of primary amides is 1. The zero-order chi connectivity index (χ0) is 33.5. The molecule has 2 heterocycles. The van der Waals surface area contributed by atoms with Gasteiger partial charge in [0.1, 0.15) is 34.7 Å². The molecule has 13 nitrogen and oxygen atoms in total. The third-order valence-corrected chi connectivity index (χ3v) is 7.94. The average Bonchev–Trinajstić information content (AvgIpc) is 2.99. The molecule has 0 radical (unpaired) electrons. The van der Waals surface area contributed by atoms with Gasteiger partial charge in [-0.05, 0) is 44.5 Å². The van der Waals surface area contributed by atoms with Gasteiger partial charge in [-0.3, -0.25) is 4.79 Å². The number of phenolic OH excluding ortho intramolecular Hbond substituents is 2. The Hall–Kier alpha value is -5.11. The number of aryl methyl sites for hydroxylation is 1. The fourth-order valence-electron chi connectivity index (χ4n) is 5.66. The maximum Gasteiger partial charge on any atom is 0.404 e. The molecule has 1 saturated heterocycles. The molecule has 5 rings (SSSR count). The van der Waals surface area contributed by atoms with Crippen LogP contribution in [0.25, 0.3) is 22.1 Å². The number of phenols is 2. The van der Waals surface area contributed by atoms with E-state index in [1.165, 1.54) is 25.3 Å². The van der Waals surface area contributed by atoms with Crippen molar-refractivity contribution in [2.45, 2.75) is 57.4 Å². The first-order chi connectivity index (χ1) is 21.7. The number of rotatable bonds is 8. The first kappa shape index (κ1) is 32.3. The molecule has 4 aromatic rings. The van der Waals surface area contributed by atoms with Crippen molar-refractivity contribution in [3.8, 4) is 34.1 Å².